The van der Waals surface area contributed by atoms with E-state index in [0.29, 0.717) is 11.8 Å². The summed E-state index contributed by atoms with van der Waals surface area (Å²) in [5.74, 6) is 1.37. The highest BCUT2D eigenvalue weighted by molar-refractivity contribution is 5.54. The number of aliphatic hydroxyl groups excluding tert-OH is 1. The van der Waals surface area contributed by atoms with Gasteiger partial charge < -0.3 is 15.3 Å². The third-order valence-electron chi connectivity index (χ3n) is 8.21. The van der Waals surface area contributed by atoms with E-state index in [4.69, 9.17) is 0 Å². The molecule has 3 aliphatic rings. The summed E-state index contributed by atoms with van der Waals surface area (Å²) in [7, 11) is 0. The number of rotatable bonds is 0. The standard InChI is InChI=1S/C21H30O3/c1-19(2)15-5-7-21(4)16(20(15,3)8-6-17(19)24)10-12-9-13(22)11-14(23)18(12)21/h9,11,15-17,22-24H,5-8,10H2,1-4H3/t15-,16+,17-,20-,21+/m1/s1. The maximum absolute atomic E-state index is 10.6. The van der Waals surface area contributed by atoms with Gasteiger partial charge in [0, 0.05) is 17.0 Å². The number of phenolic OH excluding ortho intramolecular Hbond substituents is 2. The highest BCUT2D eigenvalue weighted by Gasteiger charge is 2.63. The van der Waals surface area contributed by atoms with E-state index in [-0.39, 0.29) is 33.8 Å². The van der Waals surface area contributed by atoms with E-state index in [2.05, 4.69) is 27.7 Å². The Hall–Kier alpha value is -1.22. The van der Waals surface area contributed by atoms with Gasteiger partial charge in [-0.25, -0.2) is 0 Å². The molecule has 0 spiro atoms. The van der Waals surface area contributed by atoms with Crippen LogP contribution in [0, 0.1) is 22.7 Å². The molecular formula is C21H30O3. The van der Waals surface area contributed by atoms with Gasteiger partial charge in [0.2, 0.25) is 0 Å². The average molecular weight is 330 g/mol. The Labute approximate surface area is 144 Å². The summed E-state index contributed by atoms with van der Waals surface area (Å²) >= 11 is 0. The Kier molecular flexibility index (Phi) is 3.18. The second-order valence-electron chi connectivity index (χ2n) is 9.65. The summed E-state index contributed by atoms with van der Waals surface area (Å²) in [5, 5.41) is 31.0. The van der Waals surface area contributed by atoms with E-state index in [9.17, 15) is 15.3 Å². The van der Waals surface area contributed by atoms with E-state index in [0.717, 1.165) is 43.2 Å². The molecule has 0 unspecified atom stereocenters. The lowest BCUT2D eigenvalue weighted by Crippen LogP contribution is -2.58. The van der Waals surface area contributed by atoms with Crippen LogP contribution < -0.4 is 0 Å². The molecule has 0 bridgehead atoms. The number of hydrogen-bond acceptors (Lipinski definition) is 3. The maximum Gasteiger partial charge on any atom is 0.123 e. The molecular weight excluding hydrogens is 300 g/mol. The van der Waals surface area contributed by atoms with E-state index < -0.39 is 0 Å². The monoisotopic (exact) mass is 330 g/mol. The molecule has 3 N–H and O–H groups in total. The Morgan fingerprint density at radius 2 is 1.67 bits per heavy atom. The first kappa shape index (κ1) is 16.3. The van der Waals surface area contributed by atoms with Gasteiger partial charge in [0.25, 0.3) is 0 Å². The minimum Gasteiger partial charge on any atom is -0.508 e. The summed E-state index contributed by atoms with van der Waals surface area (Å²) in [6, 6.07) is 3.34. The Balaban J connectivity index is 1.83. The number of aromatic hydroxyl groups is 2. The van der Waals surface area contributed by atoms with Crippen LogP contribution in [0.4, 0.5) is 0 Å². The molecule has 3 nitrogen and oxygen atoms in total. The number of aliphatic hydroxyl groups is 1. The van der Waals surface area contributed by atoms with Crippen LogP contribution in [0.3, 0.4) is 0 Å². The number of phenols is 2. The van der Waals surface area contributed by atoms with Gasteiger partial charge in [0.15, 0.2) is 0 Å². The van der Waals surface area contributed by atoms with Gasteiger partial charge in [-0.1, -0.05) is 27.7 Å². The molecule has 4 rings (SSSR count). The third-order valence-corrected chi connectivity index (χ3v) is 8.21. The van der Waals surface area contributed by atoms with Crippen LogP contribution in [0.25, 0.3) is 0 Å². The van der Waals surface area contributed by atoms with Crippen molar-refractivity contribution in [3.63, 3.8) is 0 Å². The molecule has 1 aromatic carbocycles. The quantitative estimate of drug-likeness (QED) is 0.670. The predicted molar refractivity (Wildman–Crippen MR) is 94.2 cm³/mol. The van der Waals surface area contributed by atoms with Gasteiger partial charge in [-0.05, 0) is 66.4 Å². The first-order valence-electron chi connectivity index (χ1n) is 9.34. The zero-order valence-corrected chi connectivity index (χ0v) is 15.3. The molecule has 132 valence electrons. The molecule has 2 fully saturated rings. The van der Waals surface area contributed by atoms with Crippen molar-refractivity contribution in [3.05, 3.63) is 23.3 Å². The fourth-order valence-electron chi connectivity index (χ4n) is 7.01. The molecule has 0 radical (unpaired) electrons. The molecule has 0 aromatic heterocycles. The van der Waals surface area contributed by atoms with Gasteiger partial charge in [-0.3, -0.25) is 0 Å². The van der Waals surface area contributed by atoms with Crippen molar-refractivity contribution in [1.82, 2.24) is 0 Å². The predicted octanol–water partition coefficient (Wildman–Crippen LogP) is 4.13. The highest BCUT2D eigenvalue weighted by Crippen LogP contribution is 2.68. The van der Waals surface area contributed by atoms with Gasteiger partial charge in [0.05, 0.1) is 6.10 Å². The summed E-state index contributed by atoms with van der Waals surface area (Å²) < 4.78 is 0. The van der Waals surface area contributed by atoms with Crippen LogP contribution in [0.1, 0.15) is 64.5 Å². The second kappa shape index (κ2) is 4.69. The van der Waals surface area contributed by atoms with Crippen LogP contribution in [0.15, 0.2) is 12.1 Å². The van der Waals surface area contributed by atoms with Crippen molar-refractivity contribution >= 4 is 0 Å². The smallest absolute Gasteiger partial charge is 0.123 e. The Morgan fingerprint density at radius 1 is 0.958 bits per heavy atom. The van der Waals surface area contributed by atoms with Gasteiger partial charge >= 0.3 is 0 Å². The Morgan fingerprint density at radius 3 is 2.38 bits per heavy atom. The van der Waals surface area contributed by atoms with Crippen molar-refractivity contribution in [2.45, 2.75) is 71.3 Å². The molecule has 1 aromatic rings. The Bertz CT molecular complexity index is 695. The first-order chi connectivity index (χ1) is 11.1. The largest absolute Gasteiger partial charge is 0.508 e. The van der Waals surface area contributed by atoms with E-state index in [1.54, 1.807) is 0 Å². The molecule has 0 amide bonds. The lowest BCUT2D eigenvalue weighted by molar-refractivity contribution is -0.151. The zero-order valence-electron chi connectivity index (χ0n) is 15.3. The zero-order chi connectivity index (χ0) is 17.5. The lowest BCUT2D eigenvalue weighted by atomic mass is 9.43. The summed E-state index contributed by atoms with van der Waals surface area (Å²) in [6.45, 7) is 9.18. The average Bonchev–Trinajstić information content (AvgIpc) is 2.77. The van der Waals surface area contributed by atoms with Crippen LogP contribution in [0.5, 0.6) is 11.5 Å². The molecule has 5 atom stereocenters. The SMILES string of the molecule is CC1(C)[C@H](O)CC[C@]2(C)[C@@H]1CC[C@]1(C)c3c(O)cc(O)cc3C[C@@H]21. The van der Waals surface area contributed by atoms with Crippen molar-refractivity contribution < 1.29 is 15.3 Å². The normalized spacial score (nSPS) is 43.0. The van der Waals surface area contributed by atoms with E-state index in [1.807, 2.05) is 6.07 Å². The van der Waals surface area contributed by atoms with E-state index in [1.165, 1.54) is 6.07 Å². The van der Waals surface area contributed by atoms with Crippen LogP contribution in [0.2, 0.25) is 0 Å². The van der Waals surface area contributed by atoms with Crippen molar-refractivity contribution in [2.75, 3.05) is 0 Å². The van der Waals surface area contributed by atoms with Gasteiger partial charge in [-0.2, -0.15) is 0 Å². The lowest BCUT2D eigenvalue weighted by Gasteiger charge is -2.62. The summed E-state index contributed by atoms with van der Waals surface area (Å²) in [5.41, 5.74) is 2.25. The molecule has 2 saturated carbocycles. The van der Waals surface area contributed by atoms with Gasteiger partial charge in [-0.15, -0.1) is 0 Å². The first-order valence-corrected chi connectivity index (χ1v) is 9.34. The summed E-state index contributed by atoms with van der Waals surface area (Å²) in [6.07, 6.45) is 4.74. The third kappa shape index (κ3) is 1.82. The van der Waals surface area contributed by atoms with Crippen LogP contribution in [-0.2, 0) is 11.8 Å². The maximum atomic E-state index is 10.6. The van der Waals surface area contributed by atoms with Crippen LogP contribution >= 0.6 is 0 Å². The molecule has 0 aliphatic heterocycles. The molecule has 24 heavy (non-hydrogen) atoms. The number of benzene rings is 1. The highest BCUT2D eigenvalue weighted by atomic mass is 16.3. The van der Waals surface area contributed by atoms with E-state index >= 15 is 0 Å². The fourth-order valence-corrected chi connectivity index (χ4v) is 7.01. The number of hydrogen-bond donors (Lipinski definition) is 3. The minimum atomic E-state index is -0.221. The topological polar surface area (TPSA) is 60.7 Å². The van der Waals surface area contributed by atoms with Crippen molar-refractivity contribution in [2.24, 2.45) is 22.7 Å². The van der Waals surface area contributed by atoms with Crippen LogP contribution in [-0.4, -0.2) is 21.4 Å². The summed E-state index contributed by atoms with van der Waals surface area (Å²) in [4.78, 5) is 0. The molecule has 3 heteroatoms. The fraction of sp³-hybridized carbons (Fsp3) is 0.714. The number of fused-ring (bicyclic) bond motifs is 5. The minimum absolute atomic E-state index is 0.0310. The molecule has 0 heterocycles. The second-order valence-corrected chi connectivity index (χ2v) is 9.65. The van der Waals surface area contributed by atoms with Crippen molar-refractivity contribution in [1.29, 1.82) is 0 Å². The molecule has 3 aliphatic carbocycles. The van der Waals surface area contributed by atoms with Gasteiger partial charge in [0.1, 0.15) is 11.5 Å². The van der Waals surface area contributed by atoms with Crippen molar-refractivity contribution in [3.8, 4) is 11.5 Å². The molecule has 0 saturated heterocycles.